The third-order valence-corrected chi connectivity index (χ3v) is 4.48. The summed E-state index contributed by atoms with van der Waals surface area (Å²) in [5.74, 6) is 0.755. The van der Waals surface area contributed by atoms with Crippen molar-refractivity contribution in [3.05, 3.63) is 42.3 Å². The lowest BCUT2D eigenvalue weighted by Gasteiger charge is -2.48. The van der Waals surface area contributed by atoms with E-state index in [4.69, 9.17) is 9.47 Å². The number of aromatic nitrogens is 1. The number of nitrogens with one attached hydrogen (secondary N) is 2. The average Bonchev–Trinajstić information content (AvgIpc) is 3.18. The first kappa shape index (κ1) is 15.8. The molecular formula is C17H23N3O3. The summed E-state index contributed by atoms with van der Waals surface area (Å²) in [6.07, 6.45) is 8.67. The van der Waals surface area contributed by atoms with Crippen LogP contribution in [0.1, 0.15) is 20.3 Å². The topological polar surface area (TPSA) is 64.5 Å². The molecule has 0 spiro atoms. The van der Waals surface area contributed by atoms with Gasteiger partial charge in [0.1, 0.15) is 11.4 Å². The van der Waals surface area contributed by atoms with Crippen molar-refractivity contribution in [2.45, 2.75) is 31.5 Å². The highest BCUT2D eigenvalue weighted by Crippen LogP contribution is 2.37. The Bertz CT molecular complexity index is 642. The number of dihydropyridines is 1. The fraction of sp³-hybridized carbons (Fsp3) is 0.471. The van der Waals surface area contributed by atoms with Crippen LogP contribution in [0.5, 0.6) is 0 Å². The van der Waals surface area contributed by atoms with Crippen molar-refractivity contribution in [1.82, 2.24) is 15.2 Å². The maximum Gasteiger partial charge on any atom is 0.219 e. The van der Waals surface area contributed by atoms with E-state index in [9.17, 15) is 4.79 Å². The van der Waals surface area contributed by atoms with Crippen molar-refractivity contribution in [3.8, 4) is 0 Å². The number of hydrogen-bond acceptors (Lipinski definition) is 4. The molecule has 3 heterocycles. The maximum absolute atomic E-state index is 11.9. The van der Waals surface area contributed by atoms with E-state index in [1.807, 2.05) is 48.2 Å². The number of hydrogen-bond donors (Lipinski definition) is 2. The number of rotatable bonds is 4. The van der Waals surface area contributed by atoms with Gasteiger partial charge in [-0.05, 0) is 36.8 Å². The number of ether oxygens (including phenoxy) is 2. The Morgan fingerprint density at radius 3 is 2.74 bits per heavy atom. The molecule has 23 heavy (non-hydrogen) atoms. The van der Waals surface area contributed by atoms with E-state index in [1.54, 1.807) is 7.11 Å². The normalized spacial score (nSPS) is 30.4. The largest absolute Gasteiger partial charge is 0.378 e. The van der Waals surface area contributed by atoms with Gasteiger partial charge in [-0.25, -0.2) is 0 Å². The first-order valence-corrected chi connectivity index (χ1v) is 7.75. The molecule has 2 aliphatic rings. The summed E-state index contributed by atoms with van der Waals surface area (Å²) in [6, 6.07) is 3.92. The standard InChI is InChI=1S/C17H23N3O3/c1-13-10-15(20-7-4-5-8-20)19-17(11-13,18-14(2)21)16(22-3)6-9-23-12-16/h4-5,7-8,10-11,19H,6,9,12H2,1-3H3,(H,18,21). The Morgan fingerprint density at radius 1 is 1.43 bits per heavy atom. The van der Waals surface area contributed by atoms with Crippen molar-refractivity contribution in [2.24, 2.45) is 0 Å². The molecule has 6 heteroatoms. The van der Waals surface area contributed by atoms with Crippen LogP contribution in [0.3, 0.4) is 0 Å². The number of methoxy groups -OCH3 is 1. The monoisotopic (exact) mass is 317 g/mol. The maximum atomic E-state index is 11.9. The molecule has 0 saturated carbocycles. The number of amides is 1. The van der Waals surface area contributed by atoms with Gasteiger partial charge in [0.25, 0.3) is 0 Å². The van der Waals surface area contributed by atoms with Gasteiger partial charge in [0.2, 0.25) is 5.91 Å². The molecule has 1 saturated heterocycles. The Kier molecular flexibility index (Phi) is 4.04. The molecule has 0 aromatic carbocycles. The highest BCUT2D eigenvalue weighted by atomic mass is 16.6. The van der Waals surface area contributed by atoms with Crippen LogP contribution >= 0.6 is 0 Å². The predicted molar refractivity (Wildman–Crippen MR) is 87.3 cm³/mol. The molecule has 6 nitrogen and oxygen atoms in total. The Morgan fingerprint density at radius 2 is 2.17 bits per heavy atom. The summed E-state index contributed by atoms with van der Waals surface area (Å²) < 4.78 is 13.5. The van der Waals surface area contributed by atoms with Crippen LogP contribution in [0.4, 0.5) is 0 Å². The Hall–Kier alpha value is -2.05. The molecule has 2 N–H and O–H groups in total. The van der Waals surface area contributed by atoms with Gasteiger partial charge >= 0.3 is 0 Å². The quantitative estimate of drug-likeness (QED) is 0.883. The lowest BCUT2D eigenvalue weighted by atomic mass is 9.82. The van der Waals surface area contributed by atoms with Gasteiger partial charge in [-0.15, -0.1) is 0 Å². The van der Waals surface area contributed by atoms with E-state index in [0.29, 0.717) is 19.6 Å². The SMILES string of the molecule is COC1(C2(NC(C)=O)C=C(C)C=C(n3cccc3)N2)CCOC1. The average molecular weight is 317 g/mol. The van der Waals surface area contributed by atoms with Crippen molar-refractivity contribution < 1.29 is 14.3 Å². The van der Waals surface area contributed by atoms with E-state index in [1.165, 1.54) is 6.92 Å². The minimum Gasteiger partial charge on any atom is -0.378 e. The lowest BCUT2D eigenvalue weighted by molar-refractivity contribution is -0.128. The molecule has 1 fully saturated rings. The summed E-state index contributed by atoms with van der Waals surface area (Å²) in [4.78, 5) is 11.9. The third-order valence-electron chi connectivity index (χ3n) is 4.48. The van der Waals surface area contributed by atoms with Crippen molar-refractivity contribution in [2.75, 3.05) is 20.3 Å². The number of carbonyl (C=O) groups excluding carboxylic acids is 1. The minimum absolute atomic E-state index is 0.126. The van der Waals surface area contributed by atoms with Gasteiger partial charge < -0.3 is 24.7 Å². The molecular weight excluding hydrogens is 294 g/mol. The van der Waals surface area contributed by atoms with Gasteiger partial charge in [0.15, 0.2) is 5.66 Å². The van der Waals surface area contributed by atoms with Crippen LogP contribution in [0.25, 0.3) is 5.82 Å². The summed E-state index contributed by atoms with van der Waals surface area (Å²) in [5, 5.41) is 6.54. The lowest BCUT2D eigenvalue weighted by Crippen LogP contribution is -2.72. The first-order valence-electron chi connectivity index (χ1n) is 7.75. The van der Waals surface area contributed by atoms with Crippen LogP contribution in [0, 0.1) is 0 Å². The van der Waals surface area contributed by atoms with Gasteiger partial charge in [-0.3, -0.25) is 4.79 Å². The van der Waals surface area contributed by atoms with Crippen LogP contribution in [0.15, 0.2) is 42.3 Å². The van der Waals surface area contributed by atoms with Crippen molar-refractivity contribution >= 4 is 11.7 Å². The second kappa shape index (κ2) is 5.86. The minimum atomic E-state index is -0.859. The third kappa shape index (κ3) is 2.68. The Balaban J connectivity index is 2.06. The highest BCUT2D eigenvalue weighted by Gasteiger charge is 2.55. The molecule has 1 aromatic heterocycles. The molecule has 0 radical (unpaired) electrons. The molecule has 1 aromatic rings. The zero-order valence-electron chi connectivity index (χ0n) is 13.8. The molecule has 0 bridgehead atoms. The zero-order chi connectivity index (χ0) is 16.5. The number of carbonyl (C=O) groups is 1. The summed E-state index contributed by atoms with van der Waals surface area (Å²) in [6.45, 7) is 4.55. The van der Waals surface area contributed by atoms with E-state index in [-0.39, 0.29) is 5.91 Å². The molecule has 2 atom stereocenters. The van der Waals surface area contributed by atoms with E-state index < -0.39 is 11.3 Å². The highest BCUT2D eigenvalue weighted by molar-refractivity contribution is 5.75. The first-order chi connectivity index (χ1) is 11.0. The summed E-state index contributed by atoms with van der Waals surface area (Å²) >= 11 is 0. The van der Waals surface area contributed by atoms with E-state index in [2.05, 4.69) is 10.6 Å². The fourth-order valence-corrected chi connectivity index (χ4v) is 3.39. The van der Waals surface area contributed by atoms with Gasteiger partial charge in [-0.2, -0.15) is 0 Å². The number of allylic oxidation sites excluding steroid dienone is 2. The second-order valence-corrected chi connectivity index (χ2v) is 6.12. The summed E-state index contributed by atoms with van der Waals surface area (Å²) in [7, 11) is 1.66. The van der Waals surface area contributed by atoms with Crippen LogP contribution in [0.2, 0.25) is 0 Å². The summed E-state index contributed by atoms with van der Waals surface area (Å²) in [5.41, 5.74) is -0.473. The van der Waals surface area contributed by atoms with Gasteiger partial charge in [-0.1, -0.05) is 0 Å². The van der Waals surface area contributed by atoms with Gasteiger partial charge in [0, 0.05) is 39.5 Å². The molecule has 2 aliphatic heterocycles. The van der Waals surface area contributed by atoms with E-state index in [0.717, 1.165) is 11.4 Å². The molecule has 3 rings (SSSR count). The van der Waals surface area contributed by atoms with E-state index >= 15 is 0 Å². The van der Waals surface area contributed by atoms with Crippen molar-refractivity contribution in [1.29, 1.82) is 0 Å². The van der Waals surface area contributed by atoms with Crippen LogP contribution < -0.4 is 10.6 Å². The van der Waals surface area contributed by atoms with Gasteiger partial charge in [0.05, 0.1) is 6.61 Å². The molecule has 1 amide bonds. The predicted octanol–water partition coefficient (Wildman–Crippen LogP) is 1.47. The molecule has 0 aliphatic carbocycles. The second-order valence-electron chi connectivity index (χ2n) is 6.12. The number of nitrogens with zero attached hydrogens (tertiary/aromatic N) is 1. The fourth-order valence-electron chi connectivity index (χ4n) is 3.39. The smallest absolute Gasteiger partial charge is 0.219 e. The van der Waals surface area contributed by atoms with Crippen LogP contribution in [-0.4, -0.2) is 42.1 Å². The zero-order valence-corrected chi connectivity index (χ0v) is 13.8. The Labute approximate surface area is 136 Å². The molecule has 124 valence electrons. The van der Waals surface area contributed by atoms with Crippen molar-refractivity contribution in [3.63, 3.8) is 0 Å². The molecule has 2 unspecified atom stereocenters. The van der Waals surface area contributed by atoms with Crippen LogP contribution in [-0.2, 0) is 14.3 Å².